The standard InChI is InChI=1S/C27H25N3O6/c1-15-19(11-29-26(32)16-5-6-22-24(9-16)36-14-35-22)18-7-8-30(12-17(18)10-28-15)27(33)20-13-34-23-4-2-3-21(31)25(20)23/h5-6,9-10,13H,2-4,7-8,11-12,14H2,1H3,(H,29,32). The van der Waals surface area contributed by atoms with Crippen molar-refractivity contribution in [2.24, 2.45) is 0 Å². The number of ether oxygens (including phenoxy) is 2. The number of ketones is 1. The van der Waals surface area contributed by atoms with E-state index in [0.29, 0.717) is 72.8 Å². The number of carbonyl (C=O) groups excluding carboxylic acids is 3. The van der Waals surface area contributed by atoms with E-state index >= 15 is 0 Å². The van der Waals surface area contributed by atoms with Gasteiger partial charge in [-0.1, -0.05) is 0 Å². The molecule has 0 fully saturated rings. The summed E-state index contributed by atoms with van der Waals surface area (Å²) in [5, 5.41) is 2.99. The van der Waals surface area contributed by atoms with Gasteiger partial charge in [0.25, 0.3) is 11.8 Å². The SMILES string of the molecule is Cc1ncc2c(c1CNC(=O)c1ccc3c(c1)OCO3)CCN(C(=O)c1coc3c1C(=O)CCC3)C2. The van der Waals surface area contributed by atoms with Gasteiger partial charge in [-0.2, -0.15) is 0 Å². The lowest BCUT2D eigenvalue weighted by atomic mass is 9.92. The van der Waals surface area contributed by atoms with Crippen molar-refractivity contribution in [3.63, 3.8) is 0 Å². The maximum atomic E-state index is 13.3. The molecule has 0 bridgehead atoms. The van der Waals surface area contributed by atoms with Crippen LogP contribution in [0.15, 0.2) is 35.1 Å². The molecule has 2 aliphatic heterocycles. The Labute approximate surface area is 207 Å². The number of pyridine rings is 1. The smallest absolute Gasteiger partial charge is 0.258 e. The molecule has 0 unspecified atom stereocenters. The topological polar surface area (TPSA) is 111 Å². The number of hydrogen-bond acceptors (Lipinski definition) is 7. The van der Waals surface area contributed by atoms with Crippen LogP contribution in [-0.2, 0) is 25.9 Å². The number of nitrogens with one attached hydrogen (secondary N) is 1. The van der Waals surface area contributed by atoms with Crippen LogP contribution in [0.5, 0.6) is 11.5 Å². The third-order valence-corrected chi connectivity index (χ3v) is 7.13. The lowest BCUT2D eigenvalue weighted by Crippen LogP contribution is -2.37. The van der Waals surface area contributed by atoms with Crippen LogP contribution in [0.3, 0.4) is 0 Å². The minimum Gasteiger partial charge on any atom is -0.468 e. The Morgan fingerprint density at radius 3 is 2.89 bits per heavy atom. The number of aryl methyl sites for hydroxylation is 2. The van der Waals surface area contributed by atoms with Crippen LogP contribution >= 0.6 is 0 Å². The van der Waals surface area contributed by atoms with Crippen LogP contribution in [0.25, 0.3) is 0 Å². The van der Waals surface area contributed by atoms with Crippen molar-refractivity contribution in [1.29, 1.82) is 0 Å². The maximum Gasteiger partial charge on any atom is 0.258 e. The second-order valence-corrected chi connectivity index (χ2v) is 9.28. The molecule has 3 aliphatic rings. The third-order valence-electron chi connectivity index (χ3n) is 7.13. The highest BCUT2D eigenvalue weighted by molar-refractivity contribution is 6.09. The summed E-state index contributed by atoms with van der Waals surface area (Å²) in [5.41, 5.74) is 5.14. The van der Waals surface area contributed by atoms with E-state index < -0.39 is 0 Å². The van der Waals surface area contributed by atoms with Gasteiger partial charge in [0.1, 0.15) is 12.0 Å². The van der Waals surface area contributed by atoms with Gasteiger partial charge in [-0.05, 0) is 54.7 Å². The van der Waals surface area contributed by atoms with E-state index in [0.717, 1.165) is 28.8 Å². The molecule has 0 atom stereocenters. The van der Waals surface area contributed by atoms with Crippen LogP contribution in [0.2, 0.25) is 0 Å². The average Bonchev–Trinajstić information content (AvgIpc) is 3.54. The van der Waals surface area contributed by atoms with Crippen LogP contribution in [-0.4, -0.2) is 40.8 Å². The van der Waals surface area contributed by atoms with Crippen molar-refractivity contribution in [1.82, 2.24) is 15.2 Å². The second kappa shape index (κ2) is 8.82. The van der Waals surface area contributed by atoms with Gasteiger partial charge in [0, 0.05) is 49.9 Å². The van der Waals surface area contributed by atoms with Crippen molar-refractivity contribution in [2.45, 2.75) is 45.7 Å². The molecule has 9 heteroatoms. The molecule has 1 aromatic carbocycles. The number of fused-ring (bicyclic) bond motifs is 3. The molecule has 4 heterocycles. The van der Waals surface area contributed by atoms with Crippen molar-refractivity contribution in [3.8, 4) is 11.5 Å². The first-order chi connectivity index (χ1) is 17.5. The highest BCUT2D eigenvalue weighted by atomic mass is 16.7. The van der Waals surface area contributed by atoms with Crippen LogP contribution in [0.1, 0.15) is 72.1 Å². The quantitative estimate of drug-likeness (QED) is 0.601. The number of aromatic nitrogens is 1. The Balaban J connectivity index is 1.18. The summed E-state index contributed by atoms with van der Waals surface area (Å²) >= 11 is 0. The Kier molecular flexibility index (Phi) is 5.47. The summed E-state index contributed by atoms with van der Waals surface area (Å²) < 4.78 is 16.2. The fraction of sp³-hybridized carbons (Fsp3) is 0.333. The molecule has 2 aromatic heterocycles. The first-order valence-electron chi connectivity index (χ1n) is 12.1. The number of nitrogens with zero attached hydrogens (tertiary/aromatic N) is 2. The molecule has 184 valence electrons. The van der Waals surface area contributed by atoms with E-state index in [1.807, 2.05) is 6.92 Å². The second-order valence-electron chi connectivity index (χ2n) is 9.28. The molecule has 0 radical (unpaired) electrons. The molecule has 3 aromatic rings. The molecular formula is C27H25N3O6. The largest absolute Gasteiger partial charge is 0.468 e. The van der Waals surface area contributed by atoms with E-state index in [1.54, 1.807) is 29.3 Å². The number of carbonyl (C=O) groups is 3. The van der Waals surface area contributed by atoms with Gasteiger partial charge in [0.15, 0.2) is 17.3 Å². The molecule has 36 heavy (non-hydrogen) atoms. The summed E-state index contributed by atoms with van der Waals surface area (Å²) in [7, 11) is 0. The van der Waals surface area contributed by atoms with Crippen molar-refractivity contribution < 1.29 is 28.3 Å². The van der Waals surface area contributed by atoms with Crippen LogP contribution < -0.4 is 14.8 Å². The normalized spacial score (nSPS) is 15.9. The predicted octanol–water partition coefficient (Wildman–Crippen LogP) is 3.36. The summed E-state index contributed by atoms with van der Waals surface area (Å²) in [6, 6.07) is 5.11. The Morgan fingerprint density at radius 2 is 2.00 bits per heavy atom. The average molecular weight is 488 g/mol. The molecule has 0 saturated carbocycles. The first kappa shape index (κ1) is 22.3. The minimum absolute atomic E-state index is 0.0245. The predicted molar refractivity (Wildman–Crippen MR) is 127 cm³/mol. The van der Waals surface area contributed by atoms with Gasteiger partial charge in [-0.25, -0.2) is 0 Å². The number of benzene rings is 1. The Hall–Kier alpha value is -4.14. The lowest BCUT2D eigenvalue weighted by molar-refractivity contribution is 0.0728. The summed E-state index contributed by atoms with van der Waals surface area (Å²) in [6.07, 6.45) is 5.73. The van der Waals surface area contributed by atoms with Gasteiger partial charge >= 0.3 is 0 Å². The maximum absolute atomic E-state index is 13.3. The third kappa shape index (κ3) is 3.80. The number of amides is 2. The van der Waals surface area contributed by atoms with E-state index in [1.165, 1.54) is 6.26 Å². The molecule has 9 nitrogen and oxygen atoms in total. The fourth-order valence-corrected chi connectivity index (χ4v) is 5.19. The van der Waals surface area contributed by atoms with Crippen LogP contribution in [0.4, 0.5) is 0 Å². The summed E-state index contributed by atoms with van der Waals surface area (Å²) in [6.45, 7) is 3.29. The number of furan rings is 1. The monoisotopic (exact) mass is 487 g/mol. The summed E-state index contributed by atoms with van der Waals surface area (Å²) in [4.78, 5) is 44.8. The minimum atomic E-state index is -0.215. The molecule has 1 aliphatic carbocycles. The van der Waals surface area contributed by atoms with E-state index in [4.69, 9.17) is 13.9 Å². The summed E-state index contributed by atoms with van der Waals surface area (Å²) in [5.74, 6) is 1.37. The zero-order chi connectivity index (χ0) is 24.8. The lowest BCUT2D eigenvalue weighted by Gasteiger charge is -2.30. The highest BCUT2D eigenvalue weighted by Gasteiger charge is 2.32. The van der Waals surface area contributed by atoms with Gasteiger partial charge < -0.3 is 24.1 Å². The molecule has 0 saturated heterocycles. The van der Waals surface area contributed by atoms with Gasteiger partial charge in [-0.3, -0.25) is 19.4 Å². The molecule has 0 spiro atoms. The molecule has 2 amide bonds. The van der Waals surface area contributed by atoms with Gasteiger partial charge in [0.05, 0.1) is 11.1 Å². The van der Waals surface area contributed by atoms with E-state index in [-0.39, 0.29) is 24.4 Å². The molecule has 1 N–H and O–H groups in total. The van der Waals surface area contributed by atoms with Crippen LogP contribution in [0, 0.1) is 6.92 Å². The first-order valence-corrected chi connectivity index (χ1v) is 12.1. The Morgan fingerprint density at radius 1 is 1.14 bits per heavy atom. The van der Waals surface area contributed by atoms with Gasteiger partial charge in [-0.15, -0.1) is 0 Å². The van der Waals surface area contributed by atoms with E-state index in [2.05, 4.69) is 10.3 Å². The molecular weight excluding hydrogens is 462 g/mol. The van der Waals surface area contributed by atoms with Crippen molar-refractivity contribution in [3.05, 3.63) is 75.5 Å². The fourth-order valence-electron chi connectivity index (χ4n) is 5.19. The van der Waals surface area contributed by atoms with E-state index in [9.17, 15) is 14.4 Å². The van der Waals surface area contributed by atoms with Gasteiger partial charge in [0.2, 0.25) is 6.79 Å². The Bertz CT molecular complexity index is 1410. The highest BCUT2D eigenvalue weighted by Crippen LogP contribution is 2.33. The molecule has 6 rings (SSSR count). The number of hydrogen-bond donors (Lipinski definition) is 1. The van der Waals surface area contributed by atoms with Crippen molar-refractivity contribution >= 4 is 17.6 Å². The zero-order valence-electron chi connectivity index (χ0n) is 19.9. The zero-order valence-corrected chi connectivity index (χ0v) is 19.9. The van der Waals surface area contributed by atoms with Crippen molar-refractivity contribution in [2.75, 3.05) is 13.3 Å². The number of rotatable bonds is 4. The number of Topliss-reactive ketones (excluding diaryl/α,β-unsaturated/α-hetero) is 1.